The second-order valence-electron chi connectivity index (χ2n) is 4.43. The Morgan fingerprint density at radius 1 is 1.47 bits per heavy atom. The molecule has 1 rings (SSSR count). The van der Waals surface area contributed by atoms with Crippen LogP contribution in [0.4, 0.5) is 0 Å². The largest absolute Gasteiger partial charge is 0.390 e. The van der Waals surface area contributed by atoms with E-state index in [9.17, 15) is 5.11 Å². The minimum atomic E-state index is -0.657. The molecule has 1 atom stereocenters. The van der Waals surface area contributed by atoms with Gasteiger partial charge in [-0.1, -0.05) is 26.2 Å². The van der Waals surface area contributed by atoms with Crippen molar-refractivity contribution in [1.29, 1.82) is 0 Å². The predicted octanol–water partition coefficient (Wildman–Crippen LogP) is 1.69. The highest BCUT2D eigenvalue weighted by Crippen LogP contribution is 2.18. The van der Waals surface area contributed by atoms with E-state index in [0.717, 1.165) is 18.7 Å². The molecule has 0 amide bonds. The number of hydrogen-bond donors (Lipinski definition) is 1. The Morgan fingerprint density at radius 2 is 2.20 bits per heavy atom. The van der Waals surface area contributed by atoms with E-state index in [2.05, 4.69) is 17.0 Å². The smallest absolute Gasteiger partial charge is 0.138 e. The molecule has 0 aliphatic heterocycles. The molecule has 1 unspecified atom stereocenters. The highest BCUT2D eigenvalue weighted by molar-refractivity contribution is 4.91. The Balaban J connectivity index is 2.45. The van der Waals surface area contributed by atoms with Crippen LogP contribution in [0.25, 0.3) is 0 Å². The quantitative estimate of drug-likeness (QED) is 0.728. The standard InChI is InChI=1S/C11H21N3O/c1-4-5-6-7-11(2,15)8-10-12-9-13-14(10)3/h9,15H,4-8H2,1-3H3. The van der Waals surface area contributed by atoms with Crippen LogP contribution in [0.3, 0.4) is 0 Å². The molecule has 1 aromatic rings. The van der Waals surface area contributed by atoms with Crippen LogP contribution in [0.5, 0.6) is 0 Å². The van der Waals surface area contributed by atoms with Crippen molar-refractivity contribution in [3.05, 3.63) is 12.2 Å². The van der Waals surface area contributed by atoms with Crippen LogP contribution in [-0.4, -0.2) is 25.5 Å². The molecule has 0 saturated heterocycles. The first-order valence-electron chi connectivity index (χ1n) is 5.60. The summed E-state index contributed by atoms with van der Waals surface area (Å²) in [4.78, 5) is 4.12. The van der Waals surface area contributed by atoms with Gasteiger partial charge in [0, 0.05) is 13.5 Å². The average molecular weight is 211 g/mol. The maximum Gasteiger partial charge on any atom is 0.138 e. The van der Waals surface area contributed by atoms with E-state index in [0.29, 0.717) is 6.42 Å². The first-order valence-corrected chi connectivity index (χ1v) is 5.60. The molecule has 0 radical (unpaired) electrons. The fourth-order valence-corrected chi connectivity index (χ4v) is 1.67. The van der Waals surface area contributed by atoms with Crippen molar-refractivity contribution in [2.75, 3.05) is 0 Å². The summed E-state index contributed by atoms with van der Waals surface area (Å²) in [6, 6.07) is 0. The maximum atomic E-state index is 10.2. The van der Waals surface area contributed by atoms with Crippen LogP contribution in [0.15, 0.2) is 6.33 Å². The Hall–Kier alpha value is -0.900. The molecule has 1 aromatic heterocycles. The fourth-order valence-electron chi connectivity index (χ4n) is 1.67. The third-order valence-corrected chi connectivity index (χ3v) is 2.66. The van der Waals surface area contributed by atoms with Crippen LogP contribution < -0.4 is 0 Å². The van der Waals surface area contributed by atoms with E-state index in [1.807, 2.05) is 14.0 Å². The topological polar surface area (TPSA) is 50.9 Å². The van der Waals surface area contributed by atoms with Crippen molar-refractivity contribution in [3.8, 4) is 0 Å². The average Bonchev–Trinajstić information content (AvgIpc) is 2.51. The Kier molecular flexibility index (Phi) is 4.27. The van der Waals surface area contributed by atoms with Crippen LogP contribution >= 0.6 is 0 Å². The van der Waals surface area contributed by atoms with Gasteiger partial charge in [-0.25, -0.2) is 4.98 Å². The van der Waals surface area contributed by atoms with Crippen LogP contribution in [0, 0.1) is 0 Å². The van der Waals surface area contributed by atoms with Gasteiger partial charge in [0.25, 0.3) is 0 Å². The zero-order chi connectivity index (χ0) is 11.3. The number of aryl methyl sites for hydroxylation is 1. The molecule has 0 spiro atoms. The Labute approximate surface area is 91.3 Å². The van der Waals surface area contributed by atoms with E-state index >= 15 is 0 Å². The van der Waals surface area contributed by atoms with Crippen LogP contribution in [0.1, 0.15) is 45.4 Å². The normalized spacial score (nSPS) is 15.2. The molecule has 1 heterocycles. The van der Waals surface area contributed by atoms with Crippen molar-refractivity contribution in [1.82, 2.24) is 14.8 Å². The second-order valence-corrected chi connectivity index (χ2v) is 4.43. The second kappa shape index (κ2) is 5.26. The maximum absolute atomic E-state index is 10.2. The van der Waals surface area contributed by atoms with Crippen molar-refractivity contribution in [2.24, 2.45) is 7.05 Å². The third kappa shape index (κ3) is 4.00. The lowest BCUT2D eigenvalue weighted by atomic mass is 9.94. The van der Waals surface area contributed by atoms with Gasteiger partial charge in [-0.05, 0) is 13.3 Å². The van der Waals surface area contributed by atoms with E-state index in [1.165, 1.54) is 19.2 Å². The van der Waals surface area contributed by atoms with Gasteiger partial charge in [0.15, 0.2) is 0 Å². The van der Waals surface area contributed by atoms with E-state index in [-0.39, 0.29) is 0 Å². The van der Waals surface area contributed by atoms with E-state index in [1.54, 1.807) is 4.68 Å². The summed E-state index contributed by atoms with van der Waals surface area (Å²) in [6.07, 6.45) is 6.36. The van der Waals surface area contributed by atoms with E-state index in [4.69, 9.17) is 0 Å². The minimum absolute atomic E-state index is 0.577. The Morgan fingerprint density at radius 3 is 2.73 bits per heavy atom. The molecule has 0 saturated carbocycles. The highest BCUT2D eigenvalue weighted by Gasteiger charge is 2.22. The van der Waals surface area contributed by atoms with Crippen LogP contribution in [0.2, 0.25) is 0 Å². The minimum Gasteiger partial charge on any atom is -0.390 e. The van der Waals surface area contributed by atoms with Crippen LogP contribution in [-0.2, 0) is 13.5 Å². The lowest BCUT2D eigenvalue weighted by Crippen LogP contribution is -2.28. The molecule has 4 nitrogen and oxygen atoms in total. The molecule has 0 aliphatic rings. The summed E-state index contributed by atoms with van der Waals surface area (Å²) in [7, 11) is 1.85. The summed E-state index contributed by atoms with van der Waals surface area (Å²) in [5.74, 6) is 0.844. The lowest BCUT2D eigenvalue weighted by Gasteiger charge is -2.22. The SMILES string of the molecule is CCCCCC(C)(O)Cc1ncnn1C. The number of unbranched alkanes of at least 4 members (excludes halogenated alkanes) is 2. The molecule has 0 aliphatic carbocycles. The summed E-state index contributed by atoms with van der Waals surface area (Å²) in [5.41, 5.74) is -0.657. The summed E-state index contributed by atoms with van der Waals surface area (Å²) < 4.78 is 1.72. The van der Waals surface area contributed by atoms with Gasteiger partial charge >= 0.3 is 0 Å². The monoisotopic (exact) mass is 211 g/mol. The molecular weight excluding hydrogens is 190 g/mol. The summed E-state index contributed by atoms with van der Waals surface area (Å²) >= 11 is 0. The fraction of sp³-hybridized carbons (Fsp3) is 0.818. The first-order chi connectivity index (χ1) is 7.05. The van der Waals surface area contributed by atoms with Gasteiger partial charge in [-0.15, -0.1) is 0 Å². The molecular formula is C11H21N3O. The van der Waals surface area contributed by atoms with Gasteiger partial charge in [-0.3, -0.25) is 4.68 Å². The van der Waals surface area contributed by atoms with Gasteiger partial charge in [-0.2, -0.15) is 5.10 Å². The number of aliphatic hydroxyl groups is 1. The summed E-state index contributed by atoms with van der Waals surface area (Å²) in [6.45, 7) is 4.04. The van der Waals surface area contributed by atoms with Crippen molar-refractivity contribution in [2.45, 2.75) is 51.6 Å². The van der Waals surface area contributed by atoms with Crippen molar-refractivity contribution in [3.63, 3.8) is 0 Å². The molecule has 0 aromatic carbocycles. The zero-order valence-corrected chi connectivity index (χ0v) is 9.90. The van der Waals surface area contributed by atoms with Crippen molar-refractivity contribution < 1.29 is 5.11 Å². The molecule has 0 fully saturated rings. The number of hydrogen-bond acceptors (Lipinski definition) is 3. The number of aromatic nitrogens is 3. The van der Waals surface area contributed by atoms with E-state index < -0.39 is 5.60 Å². The molecule has 1 N–H and O–H groups in total. The lowest BCUT2D eigenvalue weighted by molar-refractivity contribution is 0.0457. The first kappa shape index (κ1) is 12.2. The zero-order valence-electron chi connectivity index (χ0n) is 9.90. The third-order valence-electron chi connectivity index (χ3n) is 2.66. The Bertz CT molecular complexity index is 294. The summed E-state index contributed by atoms with van der Waals surface area (Å²) in [5, 5.41) is 14.1. The molecule has 86 valence electrons. The highest BCUT2D eigenvalue weighted by atomic mass is 16.3. The van der Waals surface area contributed by atoms with Gasteiger partial charge in [0.05, 0.1) is 5.60 Å². The predicted molar refractivity (Wildman–Crippen MR) is 59.5 cm³/mol. The molecule has 4 heteroatoms. The van der Waals surface area contributed by atoms with Gasteiger partial charge in [0.1, 0.15) is 12.2 Å². The number of rotatable bonds is 6. The molecule has 0 bridgehead atoms. The molecule has 15 heavy (non-hydrogen) atoms. The van der Waals surface area contributed by atoms with Crippen molar-refractivity contribution >= 4 is 0 Å². The van der Waals surface area contributed by atoms with Gasteiger partial charge < -0.3 is 5.11 Å². The van der Waals surface area contributed by atoms with Gasteiger partial charge in [0.2, 0.25) is 0 Å². The number of nitrogens with zero attached hydrogens (tertiary/aromatic N) is 3.